The fourth-order valence-electron chi connectivity index (χ4n) is 0. The predicted octanol–water partition coefficient (Wildman–Crippen LogP) is -5.78. The number of rotatable bonds is 0. The average Bonchev–Trinajstić information content (AvgIpc) is 1.63. The monoisotopic (exact) mass is 176 g/mol. The van der Waals surface area contributed by atoms with Crippen molar-refractivity contribution in [2.24, 2.45) is 0 Å². The van der Waals surface area contributed by atoms with Gasteiger partial charge < -0.3 is 26.7 Å². The van der Waals surface area contributed by atoms with E-state index < -0.39 is 19.3 Å². The summed E-state index contributed by atoms with van der Waals surface area (Å²) in [7, 11) is -2.17. The maximum atomic E-state index is 9.10. The standard InChI is InChI=1S/C2H2O4.BH3O3.Na.H/c3-1(4)2(5)6;2-1(3)4;;/h(H,3,4)(H,5,6);2-4H;;/q;;+1;-1. The molecule has 0 atom stereocenters. The third-order valence-electron chi connectivity index (χ3n) is 0.183. The summed E-state index contributed by atoms with van der Waals surface area (Å²) < 4.78 is 0. The zero-order valence-corrected chi connectivity index (χ0v) is 7.63. The second-order valence-corrected chi connectivity index (χ2v) is 0.957. The molecule has 5 N–H and O–H groups in total. The summed E-state index contributed by atoms with van der Waals surface area (Å²) in [4.78, 5) is 18.2. The van der Waals surface area contributed by atoms with Crippen LogP contribution in [0.15, 0.2) is 0 Å². The van der Waals surface area contributed by atoms with Crippen LogP contribution < -0.4 is 29.6 Å². The van der Waals surface area contributed by atoms with Crippen molar-refractivity contribution in [2.75, 3.05) is 0 Å². The van der Waals surface area contributed by atoms with Gasteiger partial charge >= 0.3 is 48.8 Å². The van der Waals surface area contributed by atoms with Gasteiger partial charge in [-0.2, -0.15) is 0 Å². The molecule has 0 aliphatic rings. The SMILES string of the molecule is O=C(O)C(=O)O.OB(O)O.[H-].[Na+]. The molecule has 9 heteroatoms. The van der Waals surface area contributed by atoms with E-state index in [9.17, 15) is 0 Å². The van der Waals surface area contributed by atoms with Gasteiger partial charge in [0.15, 0.2) is 0 Å². The fraction of sp³-hybridized carbons (Fsp3) is 0. The first kappa shape index (κ1) is 17.1. The minimum absolute atomic E-state index is 0. The van der Waals surface area contributed by atoms with Gasteiger partial charge in [-0.15, -0.1) is 0 Å². The van der Waals surface area contributed by atoms with Gasteiger partial charge in [0.05, 0.1) is 0 Å². The summed E-state index contributed by atoms with van der Waals surface area (Å²) in [6, 6.07) is 0. The minimum atomic E-state index is -2.17. The molecule has 0 aromatic carbocycles. The van der Waals surface area contributed by atoms with Gasteiger partial charge in [0.2, 0.25) is 0 Å². The van der Waals surface area contributed by atoms with Crippen LogP contribution in [0, 0.1) is 0 Å². The van der Waals surface area contributed by atoms with Gasteiger partial charge in [0, 0.05) is 0 Å². The van der Waals surface area contributed by atoms with E-state index in [-0.39, 0.29) is 31.0 Å². The minimum Gasteiger partial charge on any atom is -1.00 e. The molecule has 0 saturated heterocycles. The molecule has 0 aromatic heterocycles. The molecule has 0 bridgehead atoms. The Morgan fingerprint density at radius 2 is 1.09 bits per heavy atom. The van der Waals surface area contributed by atoms with E-state index in [1.807, 2.05) is 0 Å². The molecule has 0 aromatic rings. The average molecular weight is 176 g/mol. The number of carboxylic acids is 2. The van der Waals surface area contributed by atoms with Crippen LogP contribution in [0.1, 0.15) is 1.43 Å². The zero-order chi connectivity index (χ0) is 8.73. The van der Waals surface area contributed by atoms with Crippen LogP contribution in [-0.2, 0) is 9.59 Å². The second-order valence-electron chi connectivity index (χ2n) is 0.957. The van der Waals surface area contributed by atoms with Crippen molar-refractivity contribution in [3.05, 3.63) is 0 Å². The molecule has 7 nitrogen and oxygen atoms in total. The summed E-state index contributed by atoms with van der Waals surface area (Å²) in [5.74, 6) is -3.65. The molecule has 0 amide bonds. The number of hydrogen-bond acceptors (Lipinski definition) is 5. The molecule has 0 spiro atoms. The fourth-order valence-corrected chi connectivity index (χ4v) is 0. The molecule has 0 rings (SSSR count). The largest absolute Gasteiger partial charge is 1.00 e. The molecular formula is C2H6BNaO7. The molecule has 0 aliphatic carbocycles. The van der Waals surface area contributed by atoms with E-state index in [4.69, 9.17) is 34.9 Å². The van der Waals surface area contributed by atoms with E-state index in [2.05, 4.69) is 0 Å². The maximum Gasteiger partial charge on any atom is 1.00 e. The van der Waals surface area contributed by atoms with E-state index >= 15 is 0 Å². The second kappa shape index (κ2) is 9.88. The van der Waals surface area contributed by atoms with E-state index in [0.717, 1.165) is 0 Å². The van der Waals surface area contributed by atoms with E-state index in [1.165, 1.54) is 0 Å². The van der Waals surface area contributed by atoms with Crippen molar-refractivity contribution < 1.29 is 65.9 Å². The summed E-state index contributed by atoms with van der Waals surface area (Å²) in [6.45, 7) is 0. The maximum absolute atomic E-state index is 9.10. The van der Waals surface area contributed by atoms with Crippen molar-refractivity contribution >= 4 is 19.3 Å². The quantitative estimate of drug-likeness (QED) is 0.183. The van der Waals surface area contributed by atoms with Gasteiger partial charge in [-0.25, -0.2) is 9.59 Å². The molecule has 0 saturated carbocycles. The van der Waals surface area contributed by atoms with Crippen molar-refractivity contribution in [2.45, 2.75) is 0 Å². The van der Waals surface area contributed by atoms with Crippen LogP contribution in [0.3, 0.4) is 0 Å². The van der Waals surface area contributed by atoms with Gasteiger partial charge in [-0.05, 0) is 0 Å². The predicted molar refractivity (Wildman–Crippen MR) is 28.8 cm³/mol. The Morgan fingerprint density at radius 1 is 1.00 bits per heavy atom. The first-order chi connectivity index (χ1) is 4.37. The van der Waals surface area contributed by atoms with Gasteiger partial charge in [-0.3, -0.25) is 0 Å². The topological polar surface area (TPSA) is 135 Å². The molecule has 11 heavy (non-hydrogen) atoms. The number of carbonyl (C=O) groups is 2. The van der Waals surface area contributed by atoms with Gasteiger partial charge in [0.1, 0.15) is 0 Å². The number of hydrogen-bond donors (Lipinski definition) is 5. The van der Waals surface area contributed by atoms with Crippen molar-refractivity contribution in [1.29, 1.82) is 0 Å². The van der Waals surface area contributed by atoms with Crippen LogP contribution in [0.5, 0.6) is 0 Å². The van der Waals surface area contributed by atoms with Crippen molar-refractivity contribution in [1.82, 2.24) is 0 Å². The number of carboxylic acid groups (broad SMARTS) is 2. The molecule has 0 heterocycles. The molecule has 0 fully saturated rings. The Morgan fingerprint density at radius 3 is 1.09 bits per heavy atom. The van der Waals surface area contributed by atoms with Crippen molar-refractivity contribution in [3.8, 4) is 0 Å². The molecular weight excluding hydrogens is 170 g/mol. The summed E-state index contributed by atoms with van der Waals surface area (Å²) in [6.07, 6.45) is 0. The Kier molecular flexibility index (Phi) is 15.4. The molecule has 0 radical (unpaired) electrons. The van der Waals surface area contributed by atoms with Crippen LogP contribution >= 0.6 is 0 Å². The Hall–Kier alpha value is -0.115. The van der Waals surface area contributed by atoms with E-state index in [0.29, 0.717) is 0 Å². The smallest absolute Gasteiger partial charge is 1.00 e. The summed E-state index contributed by atoms with van der Waals surface area (Å²) in [5.41, 5.74) is 0. The Balaban J connectivity index is -0.0000000483. The molecule has 60 valence electrons. The first-order valence-electron chi connectivity index (χ1n) is 1.88. The van der Waals surface area contributed by atoms with Gasteiger partial charge in [-0.1, -0.05) is 0 Å². The third kappa shape index (κ3) is 40.7. The Labute approximate surface area is 85.2 Å². The molecule has 0 unspecified atom stereocenters. The van der Waals surface area contributed by atoms with Crippen LogP contribution in [0.25, 0.3) is 0 Å². The normalized spacial score (nSPS) is 6.45. The molecule has 0 aliphatic heterocycles. The van der Waals surface area contributed by atoms with Gasteiger partial charge in [0.25, 0.3) is 0 Å². The summed E-state index contributed by atoms with van der Waals surface area (Å²) in [5, 5.41) is 36.3. The van der Waals surface area contributed by atoms with Crippen LogP contribution in [0.2, 0.25) is 0 Å². The van der Waals surface area contributed by atoms with Crippen LogP contribution in [-0.4, -0.2) is 44.5 Å². The summed E-state index contributed by atoms with van der Waals surface area (Å²) >= 11 is 0. The van der Waals surface area contributed by atoms with Crippen LogP contribution in [0.4, 0.5) is 0 Å². The van der Waals surface area contributed by atoms with E-state index in [1.54, 1.807) is 0 Å². The first-order valence-corrected chi connectivity index (χ1v) is 1.88. The zero-order valence-electron chi connectivity index (χ0n) is 6.63. The number of aliphatic carboxylic acids is 2. The van der Waals surface area contributed by atoms with Crippen molar-refractivity contribution in [3.63, 3.8) is 0 Å². The Bertz CT molecular complexity index is 114. The third-order valence-corrected chi connectivity index (χ3v) is 0.183.